The largest absolute Gasteiger partial charge is 0.502 e. The first-order chi connectivity index (χ1) is 10.6. The van der Waals surface area contributed by atoms with Crippen LogP contribution in [0.5, 0.6) is 0 Å². The molecule has 0 heterocycles. The summed E-state index contributed by atoms with van der Waals surface area (Å²) in [5.74, 6) is -0.512. The highest BCUT2D eigenvalue weighted by Gasteiger charge is 2.38. The summed E-state index contributed by atoms with van der Waals surface area (Å²) in [7, 11) is 0.443. The summed E-state index contributed by atoms with van der Waals surface area (Å²) in [6.07, 6.45) is 11.0. The Labute approximate surface area is 136 Å². The molecule has 0 aliphatic rings. The first-order valence-corrected chi connectivity index (χ1v) is 10.1. The average molecular weight is 333 g/mol. The number of hydrogen-bond acceptors (Lipinski definition) is 5. The van der Waals surface area contributed by atoms with Crippen LogP contribution >= 0.6 is 0 Å². The lowest BCUT2D eigenvalue weighted by molar-refractivity contribution is -0.146. The predicted octanol–water partition coefficient (Wildman–Crippen LogP) is 4.06. The second kappa shape index (κ2) is 13.9. The standard InChI is InChI=1S/C16H32O5Si/c1-5-7-8-9-10-11-12-13-14-22(18-3,19-4)21-15-20-16(17)6-2/h6H,2,5,7-15H2,1,3-4H3. The Morgan fingerprint density at radius 3 is 2.05 bits per heavy atom. The molecule has 0 amide bonds. The van der Waals surface area contributed by atoms with Gasteiger partial charge in [0.2, 0.25) is 0 Å². The summed E-state index contributed by atoms with van der Waals surface area (Å²) in [6.45, 7) is 5.40. The molecule has 22 heavy (non-hydrogen) atoms. The van der Waals surface area contributed by atoms with Gasteiger partial charge in [0, 0.05) is 26.3 Å². The molecule has 6 heteroatoms. The second-order valence-electron chi connectivity index (χ2n) is 5.25. The van der Waals surface area contributed by atoms with Gasteiger partial charge in [-0.2, -0.15) is 0 Å². The highest BCUT2D eigenvalue weighted by atomic mass is 28.4. The maximum Gasteiger partial charge on any atom is 0.502 e. The molecule has 0 radical (unpaired) electrons. The SMILES string of the molecule is C=CC(=O)OCO[Si](CCCCCCCCCC)(OC)OC. The first-order valence-electron chi connectivity index (χ1n) is 8.17. The van der Waals surface area contributed by atoms with E-state index in [0.717, 1.165) is 25.0 Å². The quantitative estimate of drug-likeness (QED) is 0.149. The summed E-state index contributed by atoms with van der Waals surface area (Å²) in [5.41, 5.74) is 0. The van der Waals surface area contributed by atoms with Crippen molar-refractivity contribution in [3.63, 3.8) is 0 Å². The van der Waals surface area contributed by atoms with Gasteiger partial charge in [0.15, 0.2) is 6.79 Å². The maximum absolute atomic E-state index is 11.0. The number of ether oxygens (including phenoxy) is 1. The number of carbonyl (C=O) groups excluding carboxylic acids is 1. The van der Waals surface area contributed by atoms with Gasteiger partial charge in [-0.25, -0.2) is 4.79 Å². The molecule has 0 saturated carbocycles. The third kappa shape index (κ3) is 10.1. The van der Waals surface area contributed by atoms with E-state index < -0.39 is 14.8 Å². The van der Waals surface area contributed by atoms with Crippen molar-refractivity contribution in [2.45, 2.75) is 64.3 Å². The Balaban J connectivity index is 3.87. The molecule has 0 rings (SSSR count). The van der Waals surface area contributed by atoms with Crippen molar-refractivity contribution in [1.29, 1.82) is 0 Å². The van der Waals surface area contributed by atoms with E-state index in [-0.39, 0.29) is 6.79 Å². The molecule has 0 aromatic heterocycles. The maximum atomic E-state index is 11.0. The van der Waals surface area contributed by atoms with Crippen LogP contribution in [-0.2, 0) is 22.8 Å². The van der Waals surface area contributed by atoms with Crippen molar-refractivity contribution in [1.82, 2.24) is 0 Å². The van der Waals surface area contributed by atoms with Gasteiger partial charge >= 0.3 is 14.8 Å². The molecule has 5 nitrogen and oxygen atoms in total. The molecule has 0 aliphatic heterocycles. The molecule has 0 atom stereocenters. The molecule has 0 bridgehead atoms. The van der Waals surface area contributed by atoms with E-state index >= 15 is 0 Å². The van der Waals surface area contributed by atoms with E-state index in [9.17, 15) is 4.79 Å². The van der Waals surface area contributed by atoms with E-state index in [1.54, 1.807) is 14.2 Å². The topological polar surface area (TPSA) is 54.0 Å². The number of esters is 1. The van der Waals surface area contributed by atoms with Crippen LogP contribution in [0.3, 0.4) is 0 Å². The lowest BCUT2D eigenvalue weighted by atomic mass is 10.1. The third-order valence-electron chi connectivity index (χ3n) is 3.61. The molecule has 0 aromatic carbocycles. The normalized spacial score (nSPS) is 11.4. The number of unbranched alkanes of at least 4 members (excludes halogenated alkanes) is 7. The zero-order chi connectivity index (χ0) is 16.7. The van der Waals surface area contributed by atoms with E-state index in [1.165, 1.54) is 38.5 Å². The van der Waals surface area contributed by atoms with Gasteiger partial charge < -0.3 is 18.0 Å². The summed E-state index contributed by atoms with van der Waals surface area (Å²) in [6, 6.07) is 0.737. The summed E-state index contributed by atoms with van der Waals surface area (Å²) in [5, 5.41) is 0. The van der Waals surface area contributed by atoms with Crippen LogP contribution < -0.4 is 0 Å². The van der Waals surface area contributed by atoms with Gasteiger partial charge in [-0.05, 0) is 6.42 Å². The highest BCUT2D eigenvalue weighted by Crippen LogP contribution is 2.19. The van der Waals surface area contributed by atoms with Crippen LogP contribution in [0.2, 0.25) is 6.04 Å². The molecule has 0 aliphatic carbocycles. The fourth-order valence-corrected chi connectivity index (χ4v) is 4.07. The second-order valence-corrected chi connectivity index (χ2v) is 8.22. The molecule has 0 N–H and O–H groups in total. The van der Waals surface area contributed by atoms with Crippen LogP contribution in [0.4, 0.5) is 0 Å². The van der Waals surface area contributed by atoms with Crippen LogP contribution in [0, 0.1) is 0 Å². The molecule has 130 valence electrons. The minimum Gasteiger partial charge on any atom is -0.436 e. The van der Waals surface area contributed by atoms with Crippen LogP contribution in [0.15, 0.2) is 12.7 Å². The molecule has 0 saturated heterocycles. The van der Waals surface area contributed by atoms with Crippen molar-refractivity contribution < 1.29 is 22.8 Å². The minimum absolute atomic E-state index is 0.157. The van der Waals surface area contributed by atoms with Crippen molar-refractivity contribution >= 4 is 14.8 Å². The molecule has 0 fully saturated rings. The zero-order valence-electron chi connectivity index (χ0n) is 14.4. The summed E-state index contributed by atoms with van der Waals surface area (Å²) in [4.78, 5) is 11.0. The van der Waals surface area contributed by atoms with Gasteiger partial charge in [-0.1, -0.05) is 58.4 Å². The first kappa shape index (κ1) is 21.3. The van der Waals surface area contributed by atoms with E-state index in [4.69, 9.17) is 18.0 Å². The van der Waals surface area contributed by atoms with E-state index in [2.05, 4.69) is 13.5 Å². The fraction of sp³-hybridized carbons (Fsp3) is 0.812. The van der Waals surface area contributed by atoms with Crippen LogP contribution in [0.1, 0.15) is 58.3 Å². The third-order valence-corrected chi connectivity index (χ3v) is 6.37. The Morgan fingerprint density at radius 2 is 1.55 bits per heavy atom. The molecular weight excluding hydrogens is 300 g/mol. The van der Waals surface area contributed by atoms with Crippen molar-refractivity contribution in [2.24, 2.45) is 0 Å². The Kier molecular flexibility index (Phi) is 13.5. The van der Waals surface area contributed by atoms with Gasteiger partial charge in [0.25, 0.3) is 0 Å². The number of carbonyl (C=O) groups is 1. The van der Waals surface area contributed by atoms with Crippen LogP contribution in [0.25, 0.3) is 0 Å². The van der Waals surface area contributed by atoms with Gasteiger partial charge in [0.1, 0.15) is 0 Å². The van der Waals surface area contributed by atoms with Gasteiger partial charge in [0.05, 0.1) is 0 Å². The summed E-state index contributed by atoms with van der Waals surface area (Å²) >= 11 is 0. The highest BCUT2D eigenvalue weighted by molar-refractivity contribution is 6.60. The average Bonchev–Trinajstić information content (AvgIpc) is 2.55. The molecule has 0 aromatic rings. The zero-order valence-corrected chi connectivity index (χ0v) is 15.4. The molecule has 0 spiro atoms. The van der Waals surface area contributed by atoms with Crippen molar-refractivity contribution in [2.75, 3.05) is 21.0 Å². The van der Waals surface area contributed by atoms with Gasteiger partial charge in [-0.15, -0.1) is 0 Å². The minimum atomic E-state index is -2.72. The Morgan fingerprint density at radius 1 is 1.00 bits per heavy atom. The van der Waals surface area contributed by atoms with E-state index in [0.29, 0.717) is 0 Å². The molecular formula is C16H32O5Si. The number of rotatable bonds is 15. The van der Waals surface area contributed by atoms with Crippen LogP contribution in [-0.4, -0.2) is 35.8 Å². The predicted molar refractivity (Wildman–Crippen MR) is 89.4 cm³/mol. The summed E-state index contributed by atoms with van der Waals surface area (Å²) < 4.78 is 21.3. The molecule has 0 unspecified atom stereocenters. The van der Waals surface area contributed by atoms with Gasteiger partial charge in [-0.3, -0.25) is 0 Å². The monoisotopic (exact) mass is 332 g/mol. The lowest BCUT2D eigenvalue weighted by Crippen LogP contribution is -2.44. The smallest absolute Gasteiger partial charge is 0.436 e. The fourth-order valence-electron chi connectivity index (χ4n) is 2.19. The lowest BCUT2D eigenvalue weighted by Gasteiger charge is -2.25. The Bertz CT molecular complexity index is 292. The Hall–Kier alpha value is -0.693. The van der Waals surface area contributed by atoms with E-state index in [1.807, 2.05) is 0 Å². The number of hydrogen-bond donors (Lipinski definition) is 0. The van der Waals surface area contributed by atoms with Crippen molar-refractivity contribution in [3.8, 4) is 0 Å². The van der Waals surface area contributed by atoms with Crippen molar-refractivity contribution in [3.05, 3.63) is 12.7 Å².